The molecule has 3 heterocycles. The predicted octanol–water partition coefficient (Wildman–Crippen LogP) is 3.40. The van der Waals surface area contributed by atoms with Crippen molar-refractivity contribution in [1.82, 2.24) is 18.9 Å². The zero-order valence-corrected chi connectivity index (χ0v) is 19.6. The van der Waals surface area contributed by atoms with E-state index in [-0.39, 0.29) is 17.2 Å². The van der Waals surface area contributed by atoms with Gasteiger partial charge in [0.05, 0.1) is 10.6 Å². The third-order valence-corrected chi connectivity index (χ3v) is 7.85. The number of sulfonamides is 1. The van der Waals surface area contributed by atoms with Gasteiger partial charge in [-0.1, -0.05) is 12.5 Å². The Morgan fingerprint density at radius 2 is 1.84 bits per heavy atom. The number of rotatable bonds is 6. The summed E-state index contributed by atoms with van der Waals surface area (Å²) in [6.07, 6.45) is 3.61. The maximum Gasteiger partial charge on any atom is 0.243 e. The van der Waals surface area contributed by atoms with Gasteiger partial charge in [0.1, 0.15) is 0 Å². The summed E-state index contributed by atoms with van der Waals surface area (Å²) < 4.78 is 29.2. The Bertz CT molecular complexity index is 1260. The summed E-state index contributed by atoms with van der Waals surface area (Å²) in [6, 6.07) is 8.43. The van der Waals surface area contributed by atoms with Crippen LogP contribution < -0.4 is 5.32 Å². The number of nitrogens with one attached hydrogen (secondary N) is 1. The van der Waals surface area contributed by atoms with Gasteiger partial charge in [0.2, 0.25) is 15.9 Å². The molecule has 1 amide bonds. The van der Waals surface area contributed by atoms with Crippen molar-refractivity contribution in [3.8, 4) is 0 Å². The fourth-order valence-electron chi connectivity index (χ4n) is 4.25. The number of aromatic nitrogens is 3. The minimum Gasteiger partial charge on any atom is -0.326 e. The van der Waals surface area contributed by atoms with E-state index in [1.165, 1.54) is 4.31 Å². The number of aryl methyl sites for hydroxylation is 3. The van der Waals surface area contributed by atoms with Crippen LogP contribution in [-0.2, 0) is 21.2 Å². The van der Waals surface area contributed by atoms with Gasteiger partial charge >= 0.3 is 0 Å². The Morgan fingerprint density at radius 1 is 1.09 bits per heavy atom. The molecule has 1 aliphatic heterocycles. The Morgan fingerprint density at radius 3 is 2.59 bits per heavy atom. The standard InChI is InChI=1S/C23H29N5O3S/c1-16-14-22-24-17(2)21(18(3)28(22)26-16)10-11-23(29)25-19-8-7-9-20(15-19)32(30,31)27-12-5-4-6-13-27/h7-9,14-15H,4-6,10-13H2,1-3H3,(H,25,29). The number of carbonyl (C=O) groups excluding carboxylic acids is 1. The van der Waals surface area contributed by atoms with Crippen LogP contribution in [0.4, 0.5) is 5.69 Å². The molecule has 2 aromatic heterocycles. The van der Waals surface area contributed by atoms with E-state index in [0.29, 0.717) is 25.2 Å². The average molecular weight is 456 g/mol. The van der Waals surface area contributed by atoms with E-state index in [1.807, 2.05) is 31.4 Å². The van der Waals surface area contributed by atoms with Crippen molar-refractivity contribution >= 4 is 27.3 Å². The molecule has 0 radical (unpaired) electrons. The summed E-state index contributed by atoms with van der Waals surface area (Å²) in [5.41, 5.74) is 5.04. The van der Waals surface area contributed by atoms with Crippen molar-refractivity contribution in [2.75, 3.05) is 18.4 Å². The third kappa shape index (κ3) is 4.54. The lowest BCUT2D eigenvalue weighted by Crippen LogP contribution is -2.35. The van der Waals surface area contributed by atoms with Crippen LogP contribution in [0.3, 0.4) is 0 Å². The van der Waals surface area contributed by atoms with Gasteiger partial charge in [-0.25, -0.2) is 17.9 Å². The second-order valence-corrected chi connectivity index (χ2v) is 10.3. The largest absolute Gasteiger partial charge is 0.326 e. The zero-order chi connectivity index (χ0) is 22.9. The minimum absolute atomic E-state index is 0.173. The molecule has 3 aromatic rings. The Kier molecular flexibility index (Phi) is 6.30. The molecule has 0 unspecified atom stereocenters. The number of benzene rings is 1. The highest BCUT2D eigenvalue weighted by Gasteiger charge is 2.26. The SMILES string of the molecule is Cc1cc2nc(C)c(CCC(=O)Nc3cccc(S(=O)(=O)N4CCCCC4)c3)c(C)n2n1. The molecule has 0 spiro atoms. The van der Waals surface area contributed by atoms with Crippen molar-refractivity contribution < 1.29 is 13.2 Å². The van der Waals surface area contributed by atoms with Crippen molar-refractivity contribution in [2.24, 2.45) is 0 Å². The molecular weight excluding hydrogens is 426 g/mol. The summed E-state index contributed by atoms with van der Waals surface area (Å²) in [6.45, 7) is 6.95. The Hall–Kier alpha value is -2.78. The summed E-state index contributed by atoms with van der Waals surface area (Å²) in [7, 11) is -3.54. The number of hydrogen-bond donors (Lipinski definition) is 1. The lowest BCUT2D eigenvalue weighted by molar-refractivity contribution is -0.116. The van der Waals surface area contributed by atoms with E-state index >= 15 is 0 Å². The summed E-state index contributed by atoms with van der Waals surface area (Å²) in [5.74, 6) is -0.173. The van der Waals surface area contributed by atoms with Gasteiger partial charge in [0.25, 0.3) is 0 Å². The van der Waals surface area contributed by atoms with E-state index in [4.69, 9.17) is 0 Å². The molecule has 170 valence electrons. The molecule has 8 nitrogen and oxygen atoms in total. The monoisotopic (exact) mass is 455 g/mol. The average Bonchev–Trinajstić information content (AvgIpc) is 3.14. The van der Waals surface area contributed by atoms with Gasteiger partial charge in [-0.15, -0.1) is 0 Å². The minimum atomic E-state index is -3.54. The first-order chi connectivity index (χ1) is 15.3. The van der Waals surface area contributed by atoms with Crippen LogP contribution in [0, 0.1) is 20.8 Å². The number of piperidine rings is 1. The number of fused-ring (bicyclic) bond motifs is 1. The third-order valence-electron chi connectivity index (χ3n) is 5.96. The Balaban J connectivity index is 1.45. The summed E-state index contributed by atoms with van der Waals surface area (Å²) in [5, 5.41) is 7.32. The number of anilines is 1. The van der Waals surface area contributed by atoms with Gasteiger partial charge in [-0.3, -0.25) is 4.79 Å². The summed E-state index contributed by atoms with van der Waals surface area (Å²) >= 11 is 0. The van der Waals surface area contributed by atoms with Gasteiger partial charge in [-0.2, -0.15) is 9.40 Å². The van der Waals surface area contributed by atoms with Crippen LogP contribution in [-0.4, -0.2) is 46.3 Å². The molecule has 9 heteroatoms. The fraction of sp³-hybridized carbons (Fsp3) is 0.435. The predicted molar refractivity (Wildman–Crippen MR) is 123 cm³/mol. The van der Waals surface area contributed by atoms with Gasteiger partial charge in [0.15, 0.2) is 5.65 Å². The van der Waals surface area contributed by atoms with Crippen LogP contribution in [0.25, 0.3) is 5.65 Å². The first-order valence-electron chi connectivity index (χ1n) is 11.0. The molecule has 32 heavy (non-hydrogen) atoms. The van der Waals surface area contributed by atoms with E-state index in [2.05, 4.69) is 15.4 Å². The molecule has 1 aliphatic rings. The smallest absolute Gasteiger partial charge is 0.243 e. The van der Waals surface area contributed by atoms with Crippen LogP contribution in [0.15, 0.2) is 35.2 Å². The van der Waals surface area contributed by atoms with Crippen LogP contribution in [0.1, 0.15) is 48.3 Å². The van der Waals surface area contributed by atoms with Gasteiger partial charge in [0, 0.05) is 42.7 Å². The lowest BCUT2D eigenvalue weighted by Gasteiger charge is -2.26. The first kappa shape index (κ1) is 22.4. The highest BCUT2D eigenvalue weighted by atomic mass is 32.2. The molecule has 0 saturated carbocycles. The molecule has 4 rings (SSSR count). The lowest BCUT2D eigenvalue weighted by atomic mass is 10.1. The van der Waals surface area contributed by atoms with E-state index < -0.39 is 10.0 Å². The van der Waals surface area contributed by atoms with Crippen LogP contribution in [0.2, 0.25) is 0 Å². The van der Waals surface area contributed by atoms with Crippen LogP contribution >= 0.6 is 0 Å². The van der Waals surface area contributed by atoms with Crippen molar-refractivity contribution in [3.63, 3.8) is 0 Å². The Labute approximate surface area is 188 Å². The summed E-state index contributed by atoms with van der Waals surface area (Å²) in [4.78, 5) is 17.4. The molecule has 1 saturated heterocycles. The fourth-order valence-corrected chi connectivity index (χ4v) is 5.82. The molecule has 1 aromatic carbocycles. The second kappa shape index (κ2) is 8.99. The number of amides is 1. The van der Waals surface area contributed by atoms with Crippen LogP contribution in [0.5, 0.6) is 0 Å². The molecule has 1 N–H and O–H groups in total. The molecule has 0 bridgehead atoms. The first-order valence-corrected chi connectivity index (χ1v) is 12.4. The van der Waals surface area contributed by atoms with Gasteiger partial charge < -0.3 is 5.32 Å². The number of carbonyl (C=O) groups is 1. The molecular formula is C23H29N5O3S. The molecule has 0 atom stereocenters. The highest BCUT2D eigenvalue weighted by Crippen LogP contribution is 2.23. The topological polar surface area (TPSA) is 96.7 Å². The van der Waals surface area contributed by atoms with Crippen molar-refractivity contribution in [3.05, 3.63) is 53.0 Å². The maximum atomic E-state index is 12.9. The number of nitrogens with zero attached hydrogens (tertiary/aromatic N) is 4. The van der Waals surface area contributed by atoms with E-state index in [0.717, 1.165) is 47.6 Å². The quantitative estimate of drug-likeness (QED) is 0.614. The highest BCUT2D eigenvalue weighted by molar-refractivity contribution is 7.89. The molecule has 1 fully saturated rings. The van der Waals surface area contributed by atoms with Crippen molar-refractivity contribution in [1.29, 1.82) is 0 Å². The van der Waals surface area contributed by atoms with Gasteiger partial charge in [-0.05, 0) is 63.8 Å². The van der Waals surface area contributed by atoms with Crippen molar-refractivity contribution in [2.45, 2.75) is 57.8 Å². The zero-order valence-electron chi connectivity index (χ0n) is 18.8. The van der Waals surface area contributed by atoms with E-state index in [9.17, 15) is 13.2 Å². The van der Waals surface area contributed by atoms with E-state index in [1.54, 1.807) is 24.3 Å². The molecule has 0 aliphatic carbocycles. The normalized spacial score (nSPS) is 15.2. The number of hydrogen-bond acceptors (Lipinski definition) is 5. The maximum absolute atomic E-state index is 12.9. The second-order valence-electron chi connectivity index (χ2n) is 8.36.